The van der Waals surface area contributed by atoms with Crippen molar-refractivity contribution >= 4 is 5.91 Å². The van der Waals surface area contributed by atoms with E-state index >= 15 is 0 Å². The molecule has 3 rings (SSSR count). The number of hydrogen-bond donors (Lipinski definition) is 1. The third kappa shape index (κ3) is 2.98. The molecule has 4 heteroatoms. The second kappa shape index (κ2) is 6.25. The van der Waals surface area contributed by atoms with E-state index in [1.54, 1.807) is 0 Å². The van der Waals surface area contributed by atoms with Gasteiger partial charge in [0.25, 0.3) is 0 Å². The van der Waals surface area contributed by atoms with Gasteiger partial charge in [0.05, 0.1) is 0 Å². The summed E-state index contributed by atoms with van der Waals surface area (Å²) in [5, 5.41) is 0. The molecule has 0 aromatic heterocycles. The van der Waals surface area contributed by atoms with Crippen LogP contribution in [0.25, 0.3) is 0 Å². The topological polar surface area (TPSA) is 49.6 Å². The summed E-state index contributed by atoms with van der Waals surface area (Å²) in [5.41, 5.74) is 5.98. The minimum atomic E-state index is -0.0147. The summed E-state index contributed by atoms with van der Waals surface area (Å²) in [6, 6.07) is 0.971. The minimum absolute atomic E-state index is 0.0147. The Balaban J connectivity index is 1.58. The molecule has 0 bridgehead atoms. The van der Waals surface area contributed by atoms with Gasteiger partial charge in [-0.3, -0.25) is 9.69 Å². The van der Waals surface area contributed by atoms with Crippen molar-refractivity contribution in [2.45, 2.75) is 70.4 Å². The van der Waals surface area contributed by atoms with Crippen LogP contribution in [-0.2, 0) is 4.79 Å². The molecular formula is C17H31N3O. The lowest BCUT2D eigenvalue weighted by Crippen LogP contribution is -2.47. The average molecular weight is 293 g/mol. The molecule has 4 nitrogen and oxygen atoms in total. The highest BCUT2D eigenvalue weighted by molar-refractivity contribution is 5.83. The predicted molar refractivity (Wildman–Crippen MR) is 85.0 cm³/mol. The van der Waals surface area contributed by atoms with Gasteiger partial charge in [0.1, 0.15) is 0 Å². The van der Waals surface area contributed by atoms with E-state index in [-0.39, 0.29) is 5.41 Å². The molecule has 0 radical (unpaired) electrons. The number of likely N-dealkylation sites (tertiary alicyclic amines) is 2. The Labute approximate surface area is 129 Å². The smallest absolute Gasteiger partial charge is 0.228 e. The van der Waals surface area contributed by atoms with E-state index in [0.29, 0.717) is 18.0 Å². The van der Waals surface area contributed by atoms with Crippen LogP contribution in [0.5, 0.6) is 0 Å². The molecule has 1 atom stereocenters. The molecule has 1 aliphatic carbocycles. The zero-order valence-corrected chi connectivity index (χ0v) is 13.5. The molecule has 0 aromatic carbocycles. The van der Waals surface area contributed by atoms with Gasteiger partial charge in [0.15, 0.2) is 0 Å². The number of nitrogens with two attached hydrogens (primary N) is 1. The molecule has 120 valence electrons. The van der Waals surface area contributed by atoms with Crippen molar-refractivity contribution in [3.8, 4) is 0 Å². The van der Waals surface area contributed by atoms with Gasteiger partial charge in [-0.05, 0) is 51.6 Å². The van der Waals surface area contributed by atoms with Crippen LogP contribution in [0, 0.1) is 5.41 Å². The molecule has 2 aliphatic heterocycles. The molecule has 1 amide bonds. The second-order valence-electron chi connectivity index (χ2n) is 7.41. The molecule has 21 heavy (non-hydrogen) atoms. The Morgan fingerprint density at radius 1 is 1.14 bits per heavy atom. The number of piperidine rings is 1. The maximum atomic E-state index is 13.0. The van der Waals surface area contributed by atoms with Gasteiger partial charge in [0, 0.05) is 30.6 Å². The molecule has 1 saturated carbocycles. The first-order valence-electron chi connectivity index (χ1n) is 8.93. The van der Waals surface area contributed by atoms with Gasteiger partial charge in [-0.25, -0.2) is 0 Å². The van der Waals surface area contributed by atoms with Gasteiger partial charge in [-0.15, -0.1) is 0 Å². The van der Waals surface area contributed by atoms with Gasteiger partial charge in [0.2, 0.25) is 5.91 Å². The van der Waals surface area contributed by atoms with Crippen molar-refractivity contribution in [3.63, 3.8) is 0 Å². The SMILES string of the molecule is CCC1(C(=O)N2CCC(N3CCC(N)CC3)C2)CCCC1. The van der Waals surface area contributed by atoms with Crippen LogP contribution in [0.4, 0.5) is 0 Å². The van der Waals surface area contributed by atoms with Gasteiger partial charge in [-0.1, -0.05) is 19.8 Å². The highest BCUT2D eigenvalue weighted by atomic mass is 16.2. The summed E-state index contributed by atoms with van der Waals surface area (Å²) in [6.07, 6.45) is 9.10. The second-order valence-corrected chi connectivity index (χ2v) is 7.41. The normalized spacial score (nSPS) is 31.0. The Morgan fingerprint density at radius 2 is 1.81 bits per heavy atom. The molecule has 2 saturated heterocycles. The zero-order valence-electron chi connectivity index (χ0n) is 13.5. The summed E-state index contributed by atoms with van der Waals surface area (Å²) in [4.78, 5) is 17.7. The maximum Gasteiger partial charge on any atom is 0.228 e. The molecule has 3 aliphatic rings. The van der Waals surface area contributed by atoms with E-state index in [4.69, 9.17) is 5.73 Å². The Bertz CT molecular complexity index is 370. The van der Waals surface area contributed by atoms with Crippen molar-refractivity contribution in [3.05, 3.63) is 0 Å². The Hall–Kier alpha value is -0.610. The summed E-state index contributed by atoms with van der Waals surface area (Å²) in [5.74, 6) is 0.457. The third-order valence-electron chi connectivity index (χ3n) is 6.23. The van der Waals surface area contributed by atoms with Crippen LogP contribution in [0.15, 0.2) is 0 Å². The van der Waals surface area contributed by atoms with Crippen molar-refractivity contribution < 1.29 is 4.79 Å². The number of amides is 1. The minimum Gasteiger partial charge on any atom is -0.341 e. The number of carbonyl (C=O) groups is 1. The lowest BCUT2D eigenvalue weighted by molar-refractivity contribution is -0.141. The van der Waals surface area contributed by atoms with Gasteiger partial charge < -0.3 is 10.6 Å². The quantitative estimate of drug-likeness (QED) is 0.865. The summed E-state index contributed by atoms with van der Waals surface area (Å²) in [7, 11) is 0. The number of hydrogen-bond acceptors (Lipinski definition) is 3. The summed E-state index contributed by atoms with van der Waals surface area (Å²) in [6.45, 7) is 6.35. The Kier molecular flexibility index (Phi) is 4.55. The van der Waals surface area contributed by atoms with Gasteiger partial charge >= 0.3 is 0 Å². The summed E-state index contributed by atoms with van der Waals surface area (Å²) < 4.78 is 0. The molecule has 2 heterocycles. The monoisotopic (exact) mass is 293 g/mol. The lowest BCUT2D eigenvalue weighted by Gasteiger charge is -2.35. The zero-order chi connectivity index (χ0) is 14.9. The fourth-order valence-electron chi connectivity index (χ4n) is 4.61. The van der Waals surface area contributed by atoms with Crippen LogP contribution >= 0.6 is 0 Å². The molecular weight excluding hydrogens is 262 g/mol. The standard InChI is InChI=1S/C17H31N3O/c1-2-17(8-3-4-9-17)16(21)20-12-7-15(13-20)19-10-5-14(18)6-11-19/h14-15H,2-13,18H2,1H3. The van der Waals surface area contributed by atoms with E-state index < -0.39 is 0 Å². The van der Waals surface area contributed by atoms with Crippen LogP contribution in [-0.4, -0.2) is 54.0 Å². The van der Waals surface area contributed by atoms with Crippen LogP contribution in [0.1, 0.15) is 58.3 Å². The largest absolute Gasteiger partial charge is 0.341 e. The van der Waals surface area contributed by atoms with Crippen molar-refractivity contribution in [2.75, 3.05) is 26.2 Å². The van der Waals surface area contributed by atoms with E-state index in [1.807, 2.05) is 0 Å². The first kappa shape index (κ1) is 15.3. The van der Waals surface area contributed by atoms with Crippen molar-refractivity contribution in [2.24, 2.45) is 11.1 Å². The fourth-order valence-corrected chi connectivity index (χ4v) is 4.61. The first-order valence-corrected chi connectivity index (χ1v) is 8.93. The first-order chi connectivity index (χ1) is 10.1. The number of rotatable bonds is 3. The molecule has 2 N–H and O–H groups in total. The number of carbonyl (C=O) groups excluding carboxylic acids is 1. The molecule has 0 spiro atoms. The highest BCUT2D eigenvalue weighted by Gasteiger charge is 2.44. The maximum absolute atomic E-state index is 13.0. The van der Waals surface area contributed by atoms with E-state index in [2.05, 4.69) is 16.7 Å². The van der Waals surface area contributed by atoms with Crippen LogP contribution < -0.4 is 5.73 Å². The fraction of sp³-hybridized carbons (Fsp3) is 0.941. The third-order valence-corrected chi connectivity index (χ3v) is 6.23. The van der Waals surface area contributed by atoms with Crippen molar-refractivity contribution in [1.82, 2.24) is 9.80 Å². The average Bonchev–Trinajstić information content (AvgIpc) is 3.17. The number of nitrogens with zero attached hydrogens (tertiary/aromatic N) is 2. The molecule has 1 unspecified atom stereocenters. The van der Waals surface area contributed by atoms with Crippen molar-refractivity contribution in [1.29, 1.82) is 0 Å². The predicted octanol–water partition coefficient (Wildman–Crippen LogP) is 1.98. The lowest BCUT2D eigenvalue weighted by atomic mass is 9.82. The highest BCUT2D eigenvalue weighted by Crippen LogP contribution is 2.43. The molecule has 3 fully saturated rings. The van der Waals surface area contributed by atoms with Crippen LogP contribution in [0.3, 0.4) is 0 Å². The van der Waals surface area contributed by atoms with Gasteiger partial charge in [-0.2, -0.15) is 0 Å². The summed E-state index contributed by atoms with van der Waals surface area (Å²) >= 11 is 0. The van der Waals surface area contributed by atoms with E-state index in [0.717, 1.165) is 64.7 Å². The van der Waals surface area contributed by atoms with E-state index in [1.165, 1.54) is 12.8 Å². The van der Waals surface area contributed by atoms with Crippen LogP contribution in [0.2, 0.25) is 0 Å². The Morgan fingerprint density at radius 3 is 2.43 bits per heavy atom. The molecule has 0 aromatic rings. The van der Waals surface area contributed by atoms with E-state index in [9.17, 15) is 4.79 Å².